The van der Waals surface area contributed by atoms with Gasteiger partial charge in [-0.1, -0.05) is 0 Å². The van der Waals surface area contributed by atoms with Crippen molar-refractivity contribution in [2.75, 3.05) is 20.3 Å². The molecule has 48 heavy (non-hydrogen) atoms. The molecular formula is C31H26F5N5O7. The summed E-state index contributed by atoms with van der Waals surface area (Å²) in [5.74, 6) is -4.13. The number of hydrogen-bond acceptors (Lipinski definition) is 9. The Morgan fingerprint density at radius 1 is 1.21 bits per heavy atom. The molecule has 1 aliphatic carbocycles. The molecule has 2 aromatic carbocycles. The van der Waals surface area contributed by atoms with E-state index >= 15 is 4.39 Å². The number of carbonyl (C=O) groups is 2. The fraction of sp³-hybridized carbons (Fsp3) is 0.355. The number of hydrogen-bond donors (Lipinski definition) is 3. The number of primary amides is 1. The number of methoxy groups -OCH3 is 1. The Morgan fingerprint density at radius 2 is 1.94 bits per heavy atom. The zero-order chi connectivity index (χ0) is 34.3. The van der Waals surface area contributed by atoms with Crippen LogP contribution in [0.5, 0.6) is 23.0 Å². The Kier molecular flexibility index (Phi) is 6.98. The van der Waals surface area contributed by atoms with Crippen LogP contribution in [0.25, 0.3) is 22.2 Å². The average Bonchev–Trinajstić information content (AvgIpc) is 3.59. The molecule has 17 heteroatoms. The number of aromatic nitrogens is 3. The lowest BCUT2D eigenvalue weighted by molar-refractivity contribution is -0.286. The number of nitrogens with two attached hydrogens (primary N) is 1. The molecule has 2 aromatic heterocycles. The Bertz CT molecular complexity index is 2020. The Hall–Kier alpha value is -5.19. The molecule has 0 spiro atoms. The molecule has 2 amide bonds. The molecule has 0 saturated heterocycles. The Labute approximate surface area is 267 Å². The van der Waals surface area contributed by atoms with Crippen LogP contribution in [-0.2, 0) is 15.8 Å². The van der Waals surface area contributed by atoms with Gasteiger partial charge in [0.05, 0.1) is 19.2 Å². The van der Waals surface area contributed by atoms with Gasteiger partial charge in [-0.2, -0.15) is 13.9 Å². The van der Waals surface area contributed by atoms with Crippen molar-refractivity contribution in [3.05, 3.63) is 59.2 Å². The lowest BCUT2D eigenvalue weighted by Gasteiger charge is -2.30. The molecular weight excluding hydrogens is 649 g/mol. The summed E-state index contributed by atoms with van der Waals surface area (Å²) in [6.07, 6.45) is -2.03. The first-order valence-corrected chi connectivity index (χ1v) is 14.6. The third kappa shape index (κ3) is 4.91. The number of nitrogens with zero attached hydrogens (tertiary/aromatic N) is 3. The number of rotatable bonds is 9. The first-order valence-electron chi connectivity index (χ1n) is 14.6. The van der Waals surface area contributed by atoms with Gasteiger partial charge in [-0.25, -0.2) is 14.1 Å². The maximum atomic E-state index is 16.7. The zero-order valence-electron chi connectivity index (χ0n) is 25.2. The monoisotopic (exact) mass is 675 g/mol. The fourth-order valence-electron chi connectivity index (χ4n) is 6.05. The molecule has 7 rings (SSSR count). The van der Waals surface area contributed by atoms with E-state index in [0.29, 0.717) is 17.5 Å². The van der Waals surface area contributed by atoms with Gasteiger partial charge in [0.2, 0.25) is 5.91 Å². The van der Waals surface area contributed by atoms with Gasteiger partial charge in [-0.3, -0.25) is 9.59 Å². The number of amides is 2. The first-order chi connectivity index (χ1) is 22.6. The van der Waals surface area contributed by atoms with Gasteiger partial charge in [0, 0.05) is 22.7 Å². The molecule has 12 nitrogen and oxygen atoms in total. The van der Waals surface area contributed by atoms with Gasteiger partial charge < -0.3 is 35.1 Å². The lowest BCUT2D eigenvalue weighted by atomic mass is 9.80. The molecule has 252 valence electrons. The number of ether oxygens (including phenoxy) is 4. The van der Waals surface area contributed by atoms with Crippen LogP contribution in [0.3, 0.4) is 0 Å². The van der Waals surface area contributed by atoms with E-state index in [1.54, 1.807) is 0 Å². The standard InChI is InChI=1S/C31H26F5N5O7/c1-29(27(37)43)12-46-24-20(29)21(32)25(39-23(24)13-3-6-17-18(8-13)48-31(35,36)47-17)30(44,16-4-5-16)11-38-26(42)14-7-15-10-41(28(33)34)40-22(15)19(9-14)45-2/h3,6-10,16,28,44H,4-5,11-12H2,1-2H3,(H2,37,43)(H,38,42)/t29-,30?/m0/s1. The normalized spacial score (nSPS) is 20.4. The van der Waals surface area contributed by atoms with E-state index in [-0.39, 0.29) is 62.9 Å². The predicted molar refractivity (Wildman–Crippen MR) is 154 cm³/mol. The summed E-state index contributed by atoms with van der Waals surface area (Å²) < 4.78 is 91.2. The Balaban J connectivity index is 1.30. The highest BCUT2D eigenvalue weighted by Gasteiger charge is 2.53. The van der Waals surface area contributed by atoms with Crippen LogP contribution in [0.1, 0.15) is 47.9 Å². The average molecular weight is 676 g/mol. The summed E-state index contributed by atoms with van der Waals surface area (Å²) in [6.45, 7) is -2.53. The maximum Gasteiger partial charge on any atom is 0.586 e. The summed E-state index contributed by atoms with van der Waals surface area (Å²) in [5, 5.41) is 18.7. The number of aliphatic hydroxyl groups is 1. The predicted octanol–water partition coefficient (Wildman–Crippen LogP) is 4.13. The van der Waals surface area contributed by atoms with Crippen LogP contribution in [0.15, 0.2) is 36.5 Å². The molecule has 0 bridgehead atoms. The van der Waals surface area contributed by atoms with E-state index in [9.17, 15) is 32.3 Å². The van der Waals surface area contributed by atoms with Crippen LogP contribution >= 0.6 is 0 Å². The van der Waals surface area contributed by atoms with Gasteiger partial charge in [0.15, 0.2) is 23.1 Å². The summed E-state index contributed by atoms with van der Waals surface area (Å²) >= 11 is 0. The smallest absolute Gasteiger partial charge is 0.494 e. The van der Waals surface area contributed by atoms with Crippen molar-refractivity contribution in [3.8, 4) is 34.3 Å². The fourth-order valence-corrected chi connectivity index (χ4v) is 6.05. The second kappa shape index (κ2) is 10.7. The number of benzene rings is 2. The number of halogens is 5. The number of nitrogens with one attached hydrogen (secondary N) is 1. The van der Waals surface area contributed by atoms with E-state index in [2.05, 4.69) is 24.9 Å². The molecule has 4 heterocycles. The molecule has 2 atom stereocenters. The van der Waals surface area contributed by atoms with Gasteiger partial charge in [0.1, 0.15) is 40.3 Å². The third-order valence-electron chi connectivity index (χ3n) is 8.82. The zero-order valence-corrected chi connectivity index (χ0v) is 25.2. The van der Waals surface area contributed by atoms with Gasteiger partial charge in [0.25, 0.3) is 5.91 Å². The van der Waals surface area contributed by atoms with Crippen molar-refractivity contribution in [3.63, 3.8) is 0 Å². The number of pyridine rings is 1. The number of alkyl halides is 4. The molecule has 1 saturated carbocycles. The van der Waals surface area contributed by atoms with Crippen molar-refractivity contribution in [2.24, 2.45) is 11.7 Å². The molecule has 1 unspecified atom stereocenters. The molecule has 1 fully saturated rings. The second-order valence-corrected chi connectivity index (χ2v) is 12.0. The maximum absolute atomic E-state index is 16.7. The minimum absolute atomic E-state index is 0.0266. The Morgan fingerprint density at radius 3 is 2.60 bits per heavy atom. The molecule has 2 aliphatic heterocycles. The molecule has 0 radical (unpaired) electrons. The van der Waals surface area contributed by atoms with E-state index in [0.717, 1.165) is 6.20 Å². The van der Waals surface area contributed by atoms with E-state index in [1.807, 2.05) is 0 Å². The lowest BCUT2D eigenvalue weighted by Crippen LogP contribution is -2.45. The topological polar surface area (TPSA) is 160 Å². The highest BCUT2D eigenvalue weighted by Crippen LogP contribution is 2.52. The summed E-state index contributed by atoms with van der Waals surface area (Å²) in [5.41, 5.74) is 1.05. The summed E-state index contributed by atoms with van der Waals surface area (Å²) in [6, 6.07) is 6.28. The van der Waals surface area contributed by atoms with E-state index in [4.69, 9.17) is 15.2 Å². The van der Waals surface area contributed by atoms with E-state index in [1.165, 1.54) is 44.4 Å². The van der Waals surface area contributed by atoms with Crippen molar-refractivity contribution in [2.45, 2.75) is 43.6 Å². The van der Waals surface area contributed by atoms with Crippen LogP contribution in [0, 0.1) is 11.7 Å². The van der Waals surface area contributed by atoms with Crippen molar-refractivity contribution >= 4 is 22.7 Å². The number of carbonyl (C=O) groups excluding carboxylic acids is 2. The highest BCUT2D eigenvalue weighted by atomic mass is 19.3. The SMILES string of the molecule is COc1cc(C(=O)NCC(O)(c2nc(-c3ccc4c(c3)OC(F)(F)O4)c3c(c2F)[C@@](C)(C(N)=O)CO3)C2CC2)cc2cn(C(F)F)nc12. The van der Waals surface area contributed by atoms with Crippen molar-refractivity contribution < 1.29 is 55.6 Å². The first kappa shape index (κ1) is 31.4. The quantitative estimate of drug-likeness (QED) is 0.222. The van der Waals surface area contributed by atoms with Crippen LogP contribution in [0.2, 0.25) is 0 Å². The summed E-state index contributed by atoms with van der Waals surface area (Å²) in [7, 11) is 1.28. The summed E-state index contributed by atoms with van der Waals surface area (Å²) in [4.78, 5) is 30.5. The minimum Gasteiger partial charge on any atom is -0.494 e. The van der Waals surface area contributed by atoms with Crippen molar-refractivity contribution in [1.29, 1.82) is 0 Å². The van der Waals surface area contributed by atoms with Gasteiger partial charge in [-0.15, -0.1) is 8.78 Å². The highest BCUT2D eigenvalue weighted by molar-refractivity contribution is 6.00. The van der Waals surface area contributed by atoms with Gasteiger partial charge >= 0.3 is 12.8 Å². The largest absolute Gasteiger partial charge is 0.586 e. The second-order valence-electron chi connectivity index (χ2n) is 12.0. The molecule has 4 aromatic rings. The molecule has 4 N–H and O–H groups in total. The van der Waals surface area contributed by atoms with Crippen LogP contribution in [0.4, 0.5) is 22.0 Å². The minimum atomic E-state index is -3.92. The third-order valence-corrected chi connectivity index (χ3v) is 8.82. The van der Waals surface area contributed by atoms with Gasteiger partial charge in [-0.05, 0) is 56.0 Å². The van der Waals surface area contributed by atoms with E-state index < -0.39 is 59.6 Å². The molecule has 3 aliphatic rings. The van der Waals surface area contributed by atoms with Crippen molar-refractivity contribution in [1.82, 2.24) is 20.1 Å². The van der Waals surface area contributed by atoms with Crippen LogP contribution < -0.4 is 30.0 Å². The number of fused-ring (bicyclic) bond motifs is 3. The van der Waals surface area contributed by atoms with Crippen LogP contribution in [-0.4, -0.2) is 58.2 Å².